The van der Waals surface area contributed by atoms with Crippen molar-refractivity contribution >= 4 is 17.9 Å². The molecule has 0 amide bonds. The molecule has 0 aromatic carbocycles. The van der Waals surface area contributed by atoms with Crippen LogP contribution in [0.15, 0.2) is 97.2 Å². The van der Waals surface area contributed by atoms with E-state index in [9.17, 15) is 14.4 Å². The van der Waals surface area contributed by atoms with Gasteiger partial charge in [0.2, 0.25) is 0 Å². The lowest BCUT2D eigenvalue weighted by atomic mass is 10.0. The van der Waals surface area contributed by atoms with E-state index in [2.05, 4.69) is 118 Å². The second-order valence-corrected chi connectivity index (χ2v) is 22.4. The van der Waals surface area contributed by atoms with E-state index in [4.69, 9.17) is 14.2 Å². The van der Waals surface area contributed by atoms with Crippen LogP contribution in [0.5, 0.6) is 0 Å². The maximum atomic E-state index is 12.9. The van der Waals surface area contributed by atoms with Crippen molar-refractivity contribution in [2.24, 2.45) is 0 Å². The van der Waals surface area contributed by atoms with E-state index in [1.807, 2.05) is 0 Å². The molecular weight excluding hydrogens is 973 g/mol. The number of esters is 3. The molecular formula is C73H126O6. The Kier molecular flexibility index (Phi) is 63.7. The van der Waals surface area contributed by atoms with Crippen LogP contribution in [0, 0.1) is 0 Å². The van der Waals surface area contributed by atoms with Crippen LogP contribution in [0.25, 0.3) is 0 Å². The van der Waals surface area contributed by atoms with Gasteiger partial charge in [-0.15, -0.1) is 0 Å². The zero-order valence-electron chi connectivity index (χ0n) is 52.1. The summed E-state index contributed by atoms with van der Waals surface area (Å²) in [4.78, 5) is 38.4. The van der Waals surface area contributed by atoms with Crippen LogP contribution in [-0.2, 0) is 28.6 Å². The lowest BCUT2D eigenvalue weighted by Crippen LogP contribution is -2.30. The van der Waals surface area contributed by atoms with E-state index in [0.29, 0.717) is 19.3 Å². The van der Waals surface area contributed by atoms with Gasteiger partial charge in [-0.1, -0.05) is 304 Å². The predicted octanol–water partition coefficient (Wildman–Crippen LogP) is 23.2. The first kappa shape index (κ1) is 75.3. The highest BCUT2D eigenvalue weighted by molar-refractivity contribution is 5.71. The van der Waals surface area contributed by atoms with Gasteiger partial charge in [0.15, 0.2) is 6.10 Å². The molecule has 0 radical (unpaired) electrons. The molecule has 0 saturated heterocycles. The molecule has 6 nitrogen and oxygen atoms in total. The lowest BCUT2D eigenvalue weighted by Gasteiger charge is -2.18. The lowest BCUT2D eigenvalue weighted by molar-refractivity contribution is -0.167. The van der Waals surface area contributed by atoms with Crippen LogP contribution in [-0.4, -0.2) is 37.2 Å². The third-order valence-corrected chi connectivity index (χ3v) is 14.6. The average Bonchev–Trinajstić information content (AvgIpc) is 3.45. The second-order valence-electron chi connectivity index (χ2n) is 22.4. The first-order valence-electron chi connectivity index (χ1n) is 33.7. The summed E-state index contributed by atoms with van der Waals surface area (Å²) in [6, 6.07) is 0. The molecule has 0 saturated carbocycles. The van der Waals surface area contributed by atoms with E-state index in [1.165, 1.54) is 167 Å². The van der Waals surface area contributed by atoms with Crippen LogP contribution < -0.4 is 0 Å². The summed E-state index contributed by atoms with van der Waals surface area (Å²) < 4.78 is 16.9. The van der Waals surface area contributed by atoms with E-state index < -0.39 is 6.10 Å². The van der Waals surface area contributed by atoms with Gasteiger partial charge in [0.05, 0.1) is 0 Å². The van der Waals surface area contributed by atoms with Gasteiger partial charge in [0, 0.05) is 19.3 Å². The summed E-state index contributed by atoms with van der Waals surface area (Å²) in [6.07, 6.45) is 89.9. The molecule has 79 heavy (non-hydrogen) atoms. The van der Waals surface area contributed by atoms with Crippen LogP contribution in [0.4, 0.5) is 0 Å². The zero-order chi connectivity index (χ0) is 57.1. The topological polar surface area (TPSA) is 78.9 Å². The number of rotatable bonds is 61. The average molecular weight is 1100 g/mol. The molecule has 0 fully saturated rings. The van der Waals surface area contributed by atoms with Gasteiger partial charge in [-0.05, 0) is 103 Å². The zero-order valence-corrected chi connectivity index (χ0v) is 52.1. The van der Waals surface area contributed by atoms with Gasteiger partial charge >= 0.3 is 17.9 Å². The summed E-state index contributed by atoms with van der Waals surface area (Å²) in [5, 5.41) is 0. The Morgan fingerprint density at radius 1 is 0.266 bits per heavy atom. The smallest absolute Gasteiger partial charge is 0.306 e. The molecule has 0 aromatic heterocycles. The molecule has 0 heterocycles. The Hall–Kier alpha value is -3.67. The van der Waals surface area contributed by atoms with Crippen LogP contribution >= 0.6 is 0 Å². The molecule has 0 aliphatic carbocycles. The summed E-state index contributed by atoms with van der Waals surface area (Å²) in [5.41, 5.74) is 0. The molecule has 0 rings (SSSR count). The van der Waals surface area contributed by atoms with E-state index in [-0.39, 0.29) is 31.1 Å². The first-order chi connectivity index (χ1) is 39.0. The number of carbonyl (C=O) groups excluding carboxylic acids is 3. The van der Waals surface area contributed by atoms with Gasteiger partial charge in [0.1, 0.15) is 13.2 Å². The van der Waals surface area contributed by atoms with Crippen molar-refractivity contribution < 1.29 is 28.6 Å². The normalized spacial score (nSPS) is 12.7. The van der Waals surface area contributed by atoms with Crippen molar-refractivity contribution in [3.8, 4) is 0 Å². The minimum atomic E-state index is -0.789. The molecule has 0 bridgehead atoms. The largest absolute Gasteiger partial charge is 0.462 e. The molecule has 454 valence electrons. The fraction of sp³-hybridized carbons (Fsp3) is 0.740. The van der Waals surface area contributed by atoms with E-state index in [0.717, 1.165) is 122 Å². The molecule has 0 N–H and O–H groups in total. The Labute approximate surface area is 489 Å². The SMILES string of the molecule is CC/C=C\C/C=C\C/C=C\C/C=C\C/C=C\CCCCCCCC(=O)OC(COC(=O)CCCCCCCCCCCCCCC)COC(=O)CCCCCCCCCCCCCC/C=C\C/C=C\C/C=C\CCCCCCC. The Balaban J connectivity index is 4.32. The molecule has 1 atom stereocenters. The van der Waals surface area contributed by atoms with Gasteiger partial charge in [-0.25, -0.2) is 0 Å². The van der Waals surface area contributed by atoms with Crippen molar-refractivity contribution in [2.45, 2.75) is 335 Å². The van der Waals surface area contributed by atoms with Crippen molar-refractivity contribution in [1.29, 1.82) is 0 Å². The van der Waals surface area contributed by atoms with Crippen molar-refractivity contribution in [3.63, 3.8) is 0 Å². The number of carbonyl (C=O) groups is 3. The highest BCUT2D eigenvalue weighted by atomic mass is 16.6. The molecule has 6 heteroatoms. The minimum Gasteiger partial charge on any atom is -0.462 e. The highest BCUT2D eigenvalue weighted by Gasteiger charge is 2.19. The fourth-order valence-corrected chi connectivity index (χ4v) is 9.54. The number of allylic oxidation sites excluding steroid dienone is 16. The van der Waals surface area contributed by atoms with Gasteiger partial charge in [0.25, 0.3) is 0 Å². The number of hydrogen-bond donors (Lipinski definition) is 0. The predicted molar refractivity (Wildman–Crippen MR) is 344 cm³/mol. The molecule has 0 aliphatic heterocycles. The van der Waals surface area contributed by atoms with Gasteiger partial charge in [-0.3, -0.25) is 14.4 Å². The maximum absolute atomic E-state index is 12.9. The van der Waals surface area contributed by atoms with E-state index >= 15 is 0 Å². The van der Waals surface area contributed by atoms with Crippen molar-refractivity contribution in [2.75, 3.05) is 13.2 Å². The second kappa shape index (κ2) is 66.8. The summed E-state index contributed by atoms with van der Waals surface area (Å²) in [5.74, 6) is -0.891. The summed E-state index contributed by atoms with van der Waals surface area (Å²) >= 11 is 0. The third kappa shape index (κ3) is 65.0. The quantitative estimate of drug-likeness (QED) is 0.0261. The van der Waals surface area contributed by atoms with Gasteiger partial charge < -0.3 is 14.2 Å². The third-order valence-electron chi connectivity index (χ3n) is 14.6. The molecule has 0 spiro atoms. The van der Waals surface area contributed by atoms with Crippen molar-refractivity contribution in [3.05, 3.63) is 97.2 Å². The molecule has 0 aliphatic rings. The monoisotopic (exact) mass is 1100 g/mol. The Morgan fingerprint density at radius 2 is 0.494 bits per heavy atom. The standard InChI is InChI=1S/C73H126O6/c1-4-7-10-13-16-19-22-25-27-29-31-33-34-35-36-37-38-40-41-43-45-48-51-54-57-60-63-66-72(75)78-69-70(68-77-71(74)65-62-59-56-53-50-47-24-21-18-15-12-9-6-3)79-73(76)67-64-61-58-55-52-49-46-44-42-39-32-30-28-26-23-20-17-14-11-8-5-2/h8,11,17,20,22,25-26,28-29,31-32,34-35,39,44,46,70H,4-7,9-10,12-16,18-19,21,23-24,27,30,33,36-38,40-43,45,47-69H2,1-3H3/b11-8-,20-17-,25-22-,28-26-,31-29-,35-34-,39-32-,46-44-. The van der Waals surface area contributed by atoms with E-state index in [1.54, 1.807) is 0 Å². The summed E-state index contributed by atoms with van der Waals surface area (Å²) in [7, 11) is 0. The fourth-order valence-electron chi connectivity index (χ4n) is 9.54. The summed E-state index contributed by atoms with van der Waals surface area (Å²) in [6.45, 7) is 6.53. The number of hydrogen-bond acceptors (Lipinski definition) is 6. The number of unbranched alkanes of at least 4 members (excludes halogenated alkanes) is 34. The van der Waals surface area contributed by atoms with Crippen molar-refractivity contribution in [1.82, 2.24) is 0 Å². The van der Waals surface area contributed by atoms with Crippen LogP contribution in [0.1, 0.15) is 329 Å². The van der Waals surface area contributed by atoms with Gasteiger partial charge in [-0.2, -0.15) is 0 Å². The van der Waals surface area contributed by atoms with Crippen LogP contribution in [0.3, 0.4) is 0 Å². The Bertz CT molecular complexity index is 1540. The highest BCUT2D eigenvalue weighted by Crippen LogP contribution is 2.17. The molecule has 0 aromatic rings. The first-order valence-corrected chi connectivity index (χ1v) is 33.7. The Morgan fingerprint density at radius 3 is 0.772 bits per heavy atom. The minimum absolute atomic E-state index is 0.0833. The molecule has 1 unspecified atom stereocenters. The number of ether oxygens (including phenoxy) is 3. The maximum Gasteiger partial charge on any atom is 0.306 e. The van der Waals surface area contributed by atoms with Crippen LogP contribution in [0.2, 0.25) is 0 Å².